The first-order valence-electron chi connectivity index (χ1n) is 8.16. The minimum atomic E-state index is -0.351. The maximum Gasteiger partial charge on any atom is 0.247 e. The molecule has 0 radical (unpaired) electrons. The third kappa shape index (κ3) is 3.21. The number of rotatable bonds is 3. The van der Waals surface area contributed by atoms with Crippen molar-refractivity contribution in [2.24, 2.45) is 5.92 Å². The minimum Gasteiger partial charge on any atom is -0.330 e. The lowest BCUT2D eigenvalue weighted by Crippen LogP contribution is -2.44. The van der Waals surface area contributed by atoms with Crippen molar-refractivity contribution in [1.29, 1.82) is 0 Å². The molecule has 1 aliphatic heterocycles. The van der Waals surface area contributed by atoms with Crippen LogP contribution in [0.4, 0.5) is 5.69 Å². The third-order valence-electron chi connectivity index (χ3n) is 4.35. The molecule has 0 aromatic heterocycles. The van der Waals surface area contributed by atoms with E-state index in [1.165, 1.54) is 0 Å². The number of likely N-dealkylation sites (tertiary alicyclic amines) is 1. The molecule has 0 saturated carbocycles. The van der Waals surface area contributed by atoms with Gasteiger partial charge in [-0.1, -0.05) is 44.2 Å². The number of nitrogens with one attached hydrogen (secondary N) is 1. The highest BCUT2D eigenvalue weighted by Gasteiger charge is 2.34. The summed E-state index contributed by atoms with van der Waals surface area (Å²) in [7, 11) is 0. The van der Waals surface area contributed by atoms with Crippen LogP contribution in [0.3, 0.4) is 0 Å². The van der Waals surface area contributed by atoms with Crippen molar-refractivity contribution in [3.63, 3.8) is 0 Å². The number of nitrogens with zero attached hydrogens (tertiary/aromatic N) is 1. The lowest BCUT2D eigenvalue weighted by atomic mass is 10.1. The van der Waals surface area contributed by atoms with Crippen LogP contribution in [0.5, 0.6) is 0 Å². The van der Waals surface area contributed by atoms with Gasteiger partial charge in [0.1, 0.15) is 6.04 Å². The number of carbonyl (C=O) groups is 2. The fourth-order valence-corrected chi connectivity index (χ4v) is 3.13. The molecular weight excluding hydrogens is 288 g/mol. The predicted octanol–water partition coefficient (Wildman–Crippen LogP) is 3.43. The van der Waals surface area contributed by atoms with Gasteiger partial charge in [-0.3, -0.25) is 9.59 Å². The average molecular weight is 310 g/mol. The van der Waals surface area contributed by atoms with Crippen molar-refractivity contribution in [3.8, 4) is 0 Å². The topological polar surface area (TPSA) is 49.4 Å². The van der Waals surface area contributed by atoms with Gasteiger partial charge in [-0.2, -0.15) is 0 Å². The van der Waals surface area contributed by atoms with E-state index in [0.29, 0.717) is 6.54 Å². The summed E-state index contributed by atoms with van der Waals surface area (Å²) in [6, 6.07) is 13.6. The molecule has 2 aromatic rings. The van der Waals surface area contributed by atoms with Gasteiger partial charge in [0.15, 0.2) is 0 Å². The van der Waals surface area contributed by atoms with E-state index < -0.39 is 0 Å². The zero-order valence-electron chi connectivity index (χ0n) is 13.6. The molecule has 1 saturated heterocycles. The first-order chi connectivity index (χ1) is 11.1. The van der Waals surface area contributed by atoms with Crippen molar-refractivity contribution in [2.45, 2.75) is 32.7 Å². The fraction of sp³-hybridized carbons (Fsp3) is 0.368. The highest BCUT2D eigenvalue weighted by molar-refractivity contribution is 5.99. The van der Waals surface area contributed by atoms with Crippen molar-refractivity contribution < 1.29 is 9.59 Å². The number of fused-ring (bicyclic) bond motifs is 1. The van der Waals surface area contributed by atoms with Crippen LogP contribution in [0, 0.1) is 5.92 Å². The summed E-state index contributed by atoms with van der Waals surface area (Å²) in [6.45, 7) is 4.42. The Hall–Kier alpha value is -2.36. The molecule has 1 fully saturated rings. The summed E-state index contributed by atoms with van der Waals surface area (Å²) >= 11 is 0. The molecule has 1 N–H and O–H groups in total. The molecule has 4 nitrogen and oxygen atoms in total. The SMILES string of the molecule is CC(C)C(=O)N1CCCC1C(=O)Nc1ccc2ccccc2c1. The Labute approximate surface area is 136 Å². The van der Waals surface area contributed by atoms with Crippen LogP contribution >= 0.6 is 0 Å². The first-order valence-corrected chi connectivity index (χ1v) is 8.16. The van der Waals surface area contributed by atoms with Crippen LogP contribution in [0.1, 0.15) is 26.7 Å². The number of anilines is 1. The Morgan fingerprint density at radius 3 is 2.61 bits per heavy atom. The number of hydrogen-bond acceptors (Lipinski definition) is 2. The molecule has 0 bridgehead atoms. The second kappa shape index (κ2) is 6.41. The summed E-state index contributed by atoms with van der Waals surface area (Å²) in [4.78, 5) is 26.5. The second-order valence-corrected chi connectivity index (χ2v) is 6.40. The summed E-state index contributed by atoms with van der Waals surface area (Å²) in [5, 5.41) is 5.20. The van der Waals surface area contributed by atoms with E-state index in [1.807, 2.05) is 56.3 Å². The lowest BCUT2D eigenvalue weighted by molar-refractivity contribution is -0.139. The zero-order valence-corrected chi connectivity index (χ0v) is 13.6. The molecule has 1 aliphatic rings. The van der Waals surface area contributed by atoms with Gasteiger partial charge in [0.25, 0.3) is 0 Å². The zero-order chi connectivity index (χ0) is 16.4. The average Bonchev–Trinajstić information content (AvgIpc) is 3.03. The molecule has 2 amide bonds. The summed E-state index contributed by atoms with van der Waals surface area (Å²) in [5.41, 5.74) is 0.776. The van der Waals surface area contributed by atoms with Crippen molar-refractivity contribution in [2.75, 3.05) is 11.9 Å². The van der Waals surface area contributed by atoms with Gasteiger partial charge in [-0.15, -0.1) is 0 Å². The molecule has 120 valence electrons. The molecule has 1 heterocycles. The standard InChI is InChI=1S/C19H22N2O2/c1-13(2)19(23)21-11-5-8-17(21)18(22)20-16-10-9-14-6-3-4-7-15(14)12-16/h3-4,6-7,9-10,12-13,17H,5,8,11H2,1-2H3,(H,20,22). The van der Waals surface area contributed by atoms with Crippen LogP contribution in [-0.4, -0.2) is 29.3 Å². The first kappa shape index (κ1) is 15.5. The van der Waals surface area contributed by atoms with Gasteiger partial charge >= 0.3 is 0 Å². The largest absolute Gasteiger partial charge is 0.330 e. The summed E-state index contributed by atoms with van der Waals surface area (Å²) < 4.78 is 0. The van der Waals surface area contributed by atoms with Crippen LogP contribution in [0.25, 0.3) is 10.8 Å². The van der Waals surface area contributed by atoms with E-state index in [-0.39, 0.29) is 23.8 Å². The number of hydrogen-bond donors (Lipinski definition) is 1. The molecule has 23 heavy (non-hydrogen) atoms. The lowest BCUT2D eigenvalue weighted by Gasteiger charge is -2.25. The van der Waals surface area contributed by atoms with E-state index in [9.17, 15) is 9.59 Å². The maximum absolute atomic E-state index is 12.6. The summed E-state index contributed by atoms with van der Waals surface area (Å²) in [5.74, 6) is -0.114. The Kier molecular flexibility index (Phi) is 4.33. The van der Waals surface area contributed by atoms with E-state index in [1.54, 1.807) is 4.90 Å². The fourth-order valence-electron chi connectivity index (χ4n) is 3.13. The van der Waals surface area contributed by atoms with Gasteiger partial charge < -0.3 is 10.2 Å². The third-order valence-corrected chi connectivity index (χ3v) is 4.35. The molecule has 1 atom stereocenters. The highest BCUT2D eigenvalue weighted by atomic mass is 16.2. The van der Waals surface area contributed by atoms with Crippen molar-refractivity contribution in [3.05, 3.63) is 42.5 Å². The summed E-state index contributed by atoms with van der Waals surface area (Å²) in [6.07, 6.45) is 1.62. The normalized spacial score (nSPS) is 17.7. The Balaban J connectivity index is 1.75. The molecule has 1 unspecified atom stereocenters. The van der Waals surface area contributed by atoms with Crippen LogP contribution in [0.15, 0.2) is 42.5 Å². The van der Waals surface area contributed by atoms with Crippen molar-refractivity contribution >= 4 is 28.3 Å². The molecule has 2 aromatic carbocycles. The Bertz CT molecular complexity index is 739. The molecule has 0 spiro atoms. The van der Waals surface area contributed by atoms with Gasteiger partial charge in [0.2, 0.25) is 11.8 Å². The number of amides is 2. The van der Waals surface area contributed by atoms with Gasteiger partial charge in [-0.05, 0) is 35.7 Å². The van der Waals surface area contributed by atoms with Gasteiger partial charge in [0, 0.05) is 18.2 Å². The maximum atomic E-state index is 12.6. The molecule has 4 heteroatoms. The minimum absolute atomic E-state index is 0.0566. The van der Waals surface area contributed by atoms with E-state index in [0.717, 1.165) is 29.3 Å². The van der Waals surface area contributed by atoms with Gasteiger partial charge in [0.05, 0.1) is 0 Å². The Morgan fingerprint density at radius 2 is 1.87 bits per heavy atom. The smallest absolute Gasteiger partial charge is 0.247 e. The van der Waals surface area contributed by atoms with E-state index >= 15 is 0 Å². The Morgan fingerprint density at radius 1 is 1.13 bits per heavy atom. The highest BCUT2D eigenvalue weighted by Crippen LogP contribution is 2.23. The van der Waals surface area contributed by atoms with E-state index in [4.69, 9.17) is 0 Å². The van der Waals surface area contributed by atoms with E-state index in [2.05, 4.69) is 5.32 Å². The second-order valence-electron chi connectivity index (χ2n) is 6.40. The van der Waals surface area contributed by atoms with Crippen LogP contribution in [0.2, 0.25) is 0 Å². The predicted molar refractivity (Wildman–Crippen MR) is 92.2 cm³/mol. The monoisotopic (exact) mass is 310 g/mol. The molecule has 3 rings (SSSR count). The number of carbonyl (C=O) groups excluding carboxylic acids is 2. The number of benzene rings is 2. The molecular formula is C19H22N2O2. The van der Waals surface area contributed by atoms with Crippen LogP contribution in [-0.2, 0) is 9.59 Å². The quantitative estimate of drug-likeness (QED) is 0.944. The van der Waals surface area contributed by atoms with Crippen LogP contribution < -0.4 is 5.32 Å². The molecule has 0 aliphatic carbocycles. The van der Waals surface area contributed by atoms with Gasteiger partial charge in [-0.25, -0.2) is 0 Å². The van der Waals surface area contributed by atoms with Crippen molar-refractivity contribution in [1.82, 2.24) is 4.90 Å².